The van der Waals surface area contributed by atoms with Gasteiger partial charge >= 0.3 is 0 Å². The minimum absolute atomic E-state index is 0.0605. The quantitative estimate of drug-likeness (QED) is 0.333. The molecule has 18 heavy (non-hydrogen) atoms. The molecule has 0 radical (unpaired) electrons. The SMILES string of the molecule is CCC(C)(C)NCc1ccc(/C(N)=N/O)cc1Cl. The van der Waals surface area contributed by atoms with Gasteiger partial charge in [-0.25, -0.2) is 0 Å². The summed E-state index contributed by atoms with van der Waals surface area (Å²) in [5.41, 5.74) is 7.19. The first kappa shape index (κ1) is 14.8. The zero-order valence-corrected chi connectivity index (χ0v) is 11.8. The Hall–Kier alpha value is -1.26. The zero-order valence-electron chi connectivity index (χ0n) is 11.0. The Labute approximate surface area is 113 Å². The first-order valence-corrected chi connectivity index (χ1v) is 6.29. The van der Waals surface area contributed by atoms with Crippen molar-refractivity contribution in [2.45, 2.75) is 39.3 Å². The highest BCUT2D eigenvalue weighted by Gasteiger charge is 2.14. The number of benzene rings is 1. The maximum Gasteiger partial charge on any atom is 0.170 e. The lowest BCUT2D eigenvalue weighted by atomic mass is 10.0. The summed E-state index contributed by atoms with van der Waals surface area (Å²) in [5, 5.41) is 15.6. The van der Waals surface area contributed by atoms with Gasteiger partial charge < -0.3 is 16.3 Å². The summed E-state index contributed by atoms with van der Waals surface area (Å²) in [6.45, 7) is 7.11. The van der Waals surface area contributed by atoms with E-state index in [0.29, 0.717) is 17.1 Å². The van der Waals surface area contributed by atoms with Crippen LogP contribution in [0.5, 0.6) is 0 Å². The van der Waals surface area contributed by atoms with Gasteiger partial charge in [-0.3, -0.25) is 0 Å². The molecule has 1 aromatic rings. The normalized spacial score (nSPS) is 12.8. The molecule has 1 rings (SSSR count). The lowest BCUT2D eigenvalue weighted by Crippen LogP contribution is -2.37. The molecule has 0 aliphatic carbocycles. The number of rotatable bonds is 5. The maximum atomic E-state index is 8.60. The third kappa shape index (κ3) is 3.89. The predicted molar refractivity (Wildman–Crippen MR) is 75.2 cm³/mol. The van der Waals surface area contributed by atoms with Crippen molar-refractivity contribution >= 4 is 17.4 Å². The molecule has 0 heterocycles. The first-order valence-electron chi connectivity index (χ1n) is 5.91. The second-order valence-electron chi connectivity index (χ2n) is 4.88. The molecule has 0 bridgehead atoms. The fourth-order valence-corrected chi connectivity index (χ4v) is 1.61. The highest BCUT2D eigenvalue weighted by Crippen LogP contribution is 2.19. The third-order valence-corrected chi connectivity index (χ3v) is 3.45. The summed E-state index contributed by atoms with van der Waals surface area (Å²) < 4.78 is 0. The molecule has 4 nitrogen and oxygen atoms in total. The van der Waals surface area contributed by atoms with E-state index < -0.39 is 0 Å². The molecule has 1 aromatic carbocycles. The molecule has 0 amide bonds. The Morgan fingerprint density at radius 1 is 1.50 bits per heavy atom. The summed E-state index contributed by atoms with van der Waals surface area (Å²) in [7, 11) is 0. The molecule has 0 fully saturated rings. The van der Waals surface area contributed by atoms with Crippen LogP contribution in [0.2, 0.25) is 5.02 Å². The van der Waals surface area contributed by atoms with Crippen molar-refractivity contribution in [1.29, 1.82) is 0 Å². The molecular formula is C13H20ClN3O. The van der Waals surface area contributed by atoms with Crippen molar-refractivity contribution < 1.29 is 5.21 Å². The smallest absolute Gasteiger partial charge is 0.170 e. The van der Waals surface area contributed by atoms with Gasteiger partial charge in [-0.15, -0.1) is 0 Å². The molecule has 5 heteroatoms. The van der Waals surface area contributed by atoms with Crippen LogP contribution in [-0.2, 0) is 6.54 Å². The van der Waals surface area contributed by atoms with Crippen molar-refractivity contribution in [2.75, 3.05) is 0 Å². The minimum atomic E-state index is 0.0605. The van der Waals surface area contributed by atoms with Crippen LogP contribution in [0.25, 0.3) is 0 Å². The summed E-state index contributed by atoms with van der Waals surface area (Å²) in [5.74, 6) is 0.0605. The van der Waals surface area contributed by atoms with Crippen LogP contribution in [0.4, 0.5) is 0 Å². The number of amidine groups is 1. The Morgan fingerprint density at radius 2 is 2.17 bits per heavy atom. The predicted octanol–water partition coefficient (Wildman–Crippen LogP) is 2.71. The third-order valence-electron chi connectivity index (χ3n) is 3.10. The van der Waals surface area contributed by atoms with E-state index in [9.17, 15) is 0 Å². The van der Waals surface area contributed by atoms with Crippen LogP contribution in [0.1, 0.15) is 38.3 Å². The average Bonchev–Trinajstić information content (AvgIpc) is 2.36. The van der Waals surface area contributed by atoms with Crippen LogP contribution in [0, 0.1) is 0 Å². The Kier molecular flexibility index (Phi) is 4.99. The standard InChI is InChI=1S/C13H20ClN3O/c1-4-13(2,3)16-8-10-6-5-9(7-11(10)14)12(15)17-18/h5-7,16,18H,4,8H2,1-3H3,(H2,15,17). The van der Waals surface area contributed by atoms with Gasteiger partial charge in [-0.05, 0) is 31.9 Å². The molecular weight excluding hydrogens is 250 g/mol. The van der Waals surface area contributed by atoms with E-state index in [2.05, 4.69) is 31.2 Å². The summed E-state index contributed by atoms with van der Waals surface area (Å²) >= 11 is 6.17. The van der Waals surface area contributed by atoms with Crippen LogP contribution in [0.3, 0.4) is 0 Å². The van der Waals surface area contributed by atoms with Gasteiger partial charge in [0.15, 0.2) is 5.84 Å². The van der Waals surface area contributed by atoms with E-state index in [0.717, 1.165) is 12.0 Å². The van der Waals surface area contributed by atoms with Crippen LogP contribution >= 0.6 is 11.6 Å². The summed E-state index contributed by atoms with van der Waals surface area (Å²) in [4.78, 5) is 0. The highest BCUT2D eigenvalue weighted by atomic mass is 35.5. The molecule has 0 aliphatic rings. The van der Waals surface area contributed by atoms with Crippen LogP contribution in [-0.4, -0.2) is 16.6 Å². The average molecular weight is 270 g/mol. The van der Waals surface area contributed by atoms with E-state index in [1.807, 2.05) is 6.07 Å². The van der Waals surface area contributed by atoms with Crippen molar-refractivity contribution in [3.8, 4) is 0 Å². The number of nitrogens with two attached hydrogens (primary N) is 1. The summed E-state index contributed by atoms with van der Waals surface area (Å²) in [6, 6.07) is 5.37. The van der Waals surface area contributed by atoms with E-state index in [-0.39, 0.29) is 11.4 Å². The van der Waals surface area contributed by atoms with Gasteiger partial charge in [0, 0.05) is 22.7 Å². The number of nitrogens with one attached hydrogen (secondary N) is 1. The van der Waals surface area contributed by atoms with Gasteiger partial charge in [0.2, 0.25) is 0 Å². The van der Waals surface area contributed by atoms with Gasteiger partial charge in [0.25, 0.3) is 0 Å². The van der Waals surface area contributed by atoms with Gasteiger partial charge in [0.05, 0.1) is 0 Å². The fourth-order valence-electron chi connectivity index (χ4n) is 1.37. The topological polar surface area (TPSA) is 70.6 Å². The molecule has 0 saturated carbocycles. The van der Waals surface area contributed by atoms with Gasteiger partial charge in [-0.2, -0.15) is 0 Å². The number of nitrogens with zero attached hydrogens (tertiary/aromatic N) is 1. The zero-order chi connectivity index (χ0) is 13.8. The summed E-state index contributed by atoms with van der Waals surface area (Å²) in [6.07, 6.45) is 1.03. The van der Waals surface area contributed by atoms with Crippen molar-refractivity contribution in [3.05, 3.63) is 34.3 Å². The van der Waals surface area contributed by atoms with Crippen molar-refractivity contribution in [2.24, 2.45) is 10.9 Å². The fraction of sp³-hybridized carbons (Fsp3) is 0.462. The second-order valence-corrected chi connectivity index (χ2v) is 5.29. The molecule has 0 aromatic heterocycles. The Balaban J connectivity index is 2.81. The second kappa shape index (κ2) is 6.07. The molecule has 4 N–H and O–H groups in total. The molecule has 100 valence electrons. The number of hydrogen-bond donors (Lipinski definition) is 3. The number of oxime groups is 1. The van der Waals surface area contributed by atoms with E-state index in [1.54, 1.807) is 12.1 Å². The number of hydrogen-bond acceptors (Lipinski definition) is 3. The van der Waals surface area contributed by atoms with Crippen LogP contribution in [0.15, 0.2) is 23.4 Å². The lowest BCUT2D eigenvalue weighted by Gasteiger charge is -2.25. The van der Waals surface area contributed by atoms with E-state index >= 15 is 0 Å². The lowest BCUT2D eigenvalue weighted by molar-refractivity contribution is 0.318. The Bertz CT molecular complexity index is 444. The highest BCUT2D eigenvalue weighted by molar-refractivity contribution is 6.31. The van der Waals surface area contributed by atoms with E-state index in [1.165, 1.54) is 0 Å². The number of halogens is 1. The largest absolute Gasteiger partial charge is 0.409 e. The van der Waals surface area contributed by atoms with E-state index in [4.69, 9.17) is 22.5 Å². The molecule has 0 spiro atoms. The van der Waals surface area contributed by atoms with Crippen molar-refractivity contribution in [3.63, 3.8) is 0 Å². The van der Waals surface area contributed by atoms with Crippen molar-refractivity contribution in [1.82, 2.24) is 5.32 Å². The molecule has 0 unspecified atom stereocenters. The maximum absolute atomic E-state index is 8.60. The Morgan fingerprint density at radius 3 is 2.67 bits per heavy atom. The minimum Gasteiger partial charge on any atom is -0.409 e. The molecule has 0 atom stereocenters. The molecule has 0 saturated heterocycles. The van der Waals surface area contributed by atoms with Gasteiger partial charge in [-0.1, -0.05) is 35.8 Å². The monoisotopic (exact) mass is 269 g/mol. The molecule has 0 aliphatic heterocycles. The first-order chi connectivity index (χ1) is 8.39. The van der Waals surface area contributed by atoms with Gasteiger partial charge in [0.1, 0.15) is 0 Å². The van der Waals surface area contributed by atoms with Crippen LogP contribution < -0.4 is 11.1 Å².